The van der Waals surface area contributed by atoms with Crippen molar-refractivity contribution < 1.29 is 8.22 Å². The van der Waals surface area contributed by atoms with Crippen molar-refractivity contribution in [2.24, 2.45) is 0 Å². The van der Waals surface area contributed by atoms with Crippen LogP contribution in [0.2, 0.25) is 0 Å². The second-order valence-electron chi connectivity index (χ2n) is 1.91. The first kappa shape index (κ1) is 2.08. The van der Waals surface area contributed by atoms with E-state index >= 15 is 0 Å². The predicted octanol–water partition coefficient (Wildman–Crippen LogP) is 2.01. The zero-order chi connectivity index (χ0) is 11.9. The van der Waals surface area contributed by atoms with Gasteiger partial charge in [0, 0.05) is 19.6 Å². The normalized spacial score (nSPS) is 22.3. The predicted molar refractivity (Wildman–Crippen MR) is 38.4 cm³/mol. The number of pyridine rings is 1. The molecule has 0 aliphatic carbocycles. The number of nitrogens with zero attached hydrogens (tertiary/aromatic N) is 1. The highest BCUT2D eigenvalue weighted by atomic mass is 14.7. The summed E-state index contributed by atoms with van der Waals surface area (Å²) in [6.07, 6.45) is 0. The summed E-state index contributed by atoms with van der Waals surface area (Å²) in [6, 6.07) is 2.75. The lowest BCUT2D eigenvalue weighted by Gasteiger charge is -1.96. The molecule has 0 amide bonds. The fourth-order valence-electron chi connectivity index (χ4n) is 0.667. The Hall–Kier alpha value is -0.850. The van der Waals surface area contributed by atoms with E-state index in [-0.39, 0.29) is 11.4 Å². The van der Waals surface area contributed by atoms with Crippen LogP contribution in [0.4, 0.5) is 0 Å². The molecule has 1 heteroatoms. The molecule has 1 heterocycles. The highest BCUT2D eigenvalue weighted by molar-refractivity contribution is 5.18. The topological polar surface area (TPSA) is 12.9 Å². The van der Waals surface area contributed by atoms with Crippen molar-refractivity contribution >= 4 is 0 Å². The van der Waals surface area contributed by atoms with Crippen LogP contribution in [0.15, 0.2) is 12.1 Å². The highest BCUT2D eigenvalue weighted by Crippen LogP contribution is 2.01. The molecule has 0 N–H and O–H groups in total. The Morgan fingerprint density at radius 2 is 1.89 bits per heavy atom. The first-order valence-electron chi connectivity index (χ1n) is 5.60. The quantitative estimate of drug-likeness (QED) is 0.519. The molecule has 0 unspecified atom stereocenters. The van der Waals surface area contributed by atoms with Gasteiger partial charge < -0.3 is 0 Å². The molecule has 0 radical (unpaired) electrons. The van der Waals surface area contributed by atoms with Gasteiger partial charge in [0.05, 0.1) is 0 Å². The van der Waals surface area contributed by atoms with Gasteiger partial charge in [-0.2, -0.15) is 0 Å². The molecular weight excluding hydrogens is 110 g/mol. The average Bonchev–Trinajstić information content (AvgIpc) is 1.99. The molecule has 0 aliphatic heterocycles. The van der Waals surface area contributed by atoms with Crippen LogP contribution < -0.4 is 0 Å². The highest BCUT2D eigenvalue weighted by Gasteiger charge is 1.88. The summed E-state index contributed by atoms with van der Waals surface area (Å²) in [6.45, 7) is -3.09. The fraction of sp³-hybridized carbons (Fsp3) is 0.375. The van der Waals surface area contributed by atoms with Gasteiger partial charge in [0.25, 0.3) is 0 Å². The van der Waals surface area contributed by atoms with Crippen LogP contribution in [0, 0.1) is 20.6 Å². The minimum atomic E-state index is -2.37. The summed E-state index contributed by atoms with van der Waals surface area (Å²) >= 11 is 0. The largest absolute Gasteiger partial charge is 0.258 e. The van der Waals surface area contributed by atoms with E-state index in [4.69, 9.17) is 8.22 Å². The van der Waals surface area contributed by atoms with Gasteiger partial charge >= 0.3 is 0 Å². The second kappa shape index (κ2) is 2.18. The van der Waals surface area contributed by atoms with E-state index in [1.54, 1.807) is 6.92 Å². The van der Waals surface area contributed by atoms with Crippen LogP contribution in [0.5, 0.6) is 0 Å². The SMILES string of the molecule is [2H]C([2H])([2H])c1cc(C)cc(C([2H])([2H])[2H])n1. The summed E-state index contributed by atoms with van der Waals surface area (Å²) in [5.41, 5.74) is 0.240. The third kappa shape index (κ3) is 1.53. The summed E-state index contributed by atoms with van der Waals surface area (Å²) in [7, 11) is 0. The van der Waals surface area contributed by atoms with Crippen LogP contribution in [0.1, 0.15) is 25.2 Å². The zero-order valence-corrected chi connectivity index (χ0v) is 5.10. The van der Waals surface area contributed by atoms with Crippen molar-refractivity contribution in [1.29, 1.82) is 0 Å². The van der Waals surface area contributed by atoms with Crippen molar-refractivity contribution in [2.45, 2.75) is 20.6 Å². The Kier molecular flexibility index (Phi) is 0.503. The Morgan fingerprint density at radius 3 is 2.33 bits per heavy atom. The molecule has 1 aromatic rings. The summed E-state index contributed by atoms with van der Waals surface area (Å²) in [5.74, 6) is 0. The molecule has 0 spiro atoms. The van der Waals surface area contributed by atoms with Gasteiger partial charge in [-0.25, -0.2) is 0 Å². The number of aryl methyl sites for hydroxylation is 3. The van der Waals surface area contributed by atoms with Crippen LogP contribution in [0.3, 0.4) is 0 Å². The second-order valence-corrected chi connectivity index (χ2v) is 1.91. The molecule has 0 saturated heterocycles. The maximum absolute atomic E-state index is 7.16. The van der Waals surface area contributed by atoms with Crippen molar-refractivity contribution in [3.05, 3.63) is 29.1 Å². The molecule has 0 fully saturated rings. The van der Waals surface area contributed by atoms with Gasteiger partial charge in [0.1, 0.15) is 0 Å². The van der Waals surface area contributed by atoms with E-state index in [0.29, 0.717) is 5.56 Å². The van der Waals surface area contributed by atoms with Gasteiger partial charge in [0.2, 0.25) is 0 Å². The maximum Gasteiger partial charge on any atom is 0.0378 e. The van der Waals surface area contributed by atoms with Crippen molar-refractivity contribution in [1.82, 2.24) is 4.98 Å². The molecule has 1 nitrogen and oxygen atoms in total. The lowest BCUT2D eigenvalue weighted by molar-refractivity contribution is 1.10. The summed E-state index contributed by atoms with van der Waals surface area (Å²) in [4.78, 5) is 3.65. The molecule has 1 aromatic heterocycles. The summed E-state index contributed by atoms with van der Waals surface area (Å²) in [5, 5.41) is 0. The molecule has 48 valence electrons. The fourth-order valence-corrected chi connectivity index (χ4v) is 0.667. The van der Waals surface area contributed by atoms with Crippen molar-refractivity contribution in [2.75, 3.05) is 0 Å². The smallest absolute Gasteiger partial charge is 0.0378 e. The molecular formula is C8H11N. The van der Waals surface area contributed by atoms with Crippen LogP contribution in [-0.2, 0) is 0 Å². The lowest BCUT2D eigenvalue weighted by Crippen LogP contribution is -1.85. The molecule has 1 rings (SSSR count). The number of aromatic nitrogens is 1. The number of rotatable bonds is 0. The van der Waals surface area contributed by atoms with E-state index in [0.717, 1.165) is 0 Å². The molecule has 0 bridgehead atoms. The Morgan fingerprint density at radius 1 is 1.33 bits per heavy atom. The number of hydrogen-bond donors (Lipinski definition) is 0. The van der Waals surface area contributed by atoms with Crippen molar-refractivity contribution in [3.63, 3.8) is 0 Å². The Labute approximate surface area is 64.2 Å². The van der Waals surface area contributed by atoms with Gasteiger partial charge in [-0.05, 0) is 38.3 Å². The zero-order valence-electron chi connectivity index (χ0n) is 11.1. The maximum atomic E-state index is 7.16. The summed E-state index contributed by atoms with van der Waals surface area (Å²) < 4.78 is 42.9. The molecule has 0 atom stereocenters. The molecule has 0 aromatic carbocycles. The van der Waals surface area contributed by atoms with Gasteiger partial charge in [-0.3, -0.25) is 4.98 Å². The monoisotopic (exact) mass is 127 g/mol. The minimum absolute atomic E-state index is 0.173. The average molecular weight is 127 g/mol. The van der Waals surface area contributed by atoms with E-state index in [1.165, 1.54) is 12.1 Å². The van der Waals surface area contributed by atoms with Crippen LogP contribution >= 0.6 is 0 Å². The van der Waals surface area contributed by atoms with Crippen LogP contribution in [0.25, 0.3) is 0 Å². The van der Waals surface area contributed by atoms with E-state index in [9.17, 15) is 0 Å². The van der Waals surface area contributed by atoms with E-state index in [1.807, 2.05) is 0 Å². The van der Waals surface area contributed by atoms with Gasteiger partial charge in [0.15, 0.2) is 0 Å². The Balaban J connectivity index is 3.30. The van der Waals surface area contributed by atoms with Gasteiger partial charge in [-0.1, -0.05) is 0 Å². The van der Waals surface area contributed by atoms with E-state index < -0.39 is 13.7 Å². The Bertz CT molecular complexity index is 332. The third-order valence-electron chi connectivity index (χ3n) is 0.970. The minimum Gasteiger partial charge on any atom is -0.258 e. The van der Waals surface area contributed by atoms with E-state index in [2.05, 4.69) is 4.98 Å². The first-order chi connectivity index (χ1) is 6.60. The molecule has 0 saturated carbocycles. The molecule has 0 aliphatic rings. The third-order valence-corrected chi connectivity index (χ3v) is 0.970. The standard InChI is InChI=1S/C8H11N/c1-6-4-7(2)9-8(3)5-6/h4-5H,1-3H3/i2D3,3D3. The molecule has 9 heavy (non-hydrogen) atoms. The van der Waals surface area contributed by atoms with Crippen molar-refractivity contribution in [3.8, 4) is 0 Å². The van der Waals surface area contributed by atoms with Crippen LogP contribution in [-0.4, -0.2) is 4.98 Å². The van der Waals surface area contributed by atoms with Gasteiger partial charge in [-0.15, -0.1) is 0 Å². The lowest BCUT2D eigenvalue weighted by atomic mass is 10.2. The first-order valence-corrected chi connectivity index (χ1v) is 2.60. The number of hydrogen-bond acceptors (Lipinski definition) is 1.